The van der Waals surface area contributed by atoms with Gasteiger partial charge in [0.1, 0.15) is 0 Å². The number of hydrogen-bond acceptors (Lipinski definition) is 1. The molecule has 0 heterocycles. The van der Waals surface area contributed by atoms with E-state index in [2.05, 4.69) is 20.8 Å². The molecule has 0 saturated heterocycles. The van der Waals surface area contributed by atoms with Gasteiger partial charge in [0.2, 0.25) is 0 Å². The summed E-state index contributed by atoms with van der Waals surface area (Å²) in [6, 6.07) is 0. The first-order chi connectivity index (χ1) is 7.35. The number of alkyl halides is 3. The molecule has 0 fully saturated rings. The highest BCUT2D eigenvalue weighted by Crippen LogP contribution is 2.20. The van der Waals surface area contributed by atoms with Crippen molar-refractivity contribution in [2.75, 3.05) is 19.6 Å². The van der Waals surface area contributed by atoms with Gasteiger partial charge in [-0.05, 0) is 31.8 Å². The molecular formula is C12H24F3N. The minimum absolute atomic E-state index is 0.149. The topological polar surface area (TPSA) is 3.24 Å². The lowest BCUT2D eigenvalue weighted by atomic mass is 10.1. The maximum atomic E-state index is 12.1. The molecule has 0 aromatic heterocycles. The Morgan fingerprint density at radius 2 is 1.69 bits per heavy atom. The molecule has 0 aromatic rings. The highest BCUT2D eigenvalue weighted by molar-refractivity contribution is 4.62. The fourth-order valence-corrected chi connectivity index (χ4v) is 1.44. The zero-order chi connectivity index (χ0) is 12.6. The molecule has 0 aliphatic heterocycles. The third-order valence-corrected chi connectivity index (χ3v) is 2.56. The SMILES string of the molecule is CCCCN(CCC(C)C)CCC(F)(F)F. The molecule has 0 aromatic carbocycles. The lowest BCUT2D eigenvalue weighted by Crippen LogP contribution is -2.30. The van der Waals surface area contributed by atoms with Crippen molar-refractivity contribution in [3.8, 4) is 0 Å². The van der Waals surface area contributed by atoms with Crippen molar-refractivity contribution in [2.45, 2.75) is 52.6 Å². The van der Waals surface area contributed by atoms with Crippen LogP contribution in [0.5, 0.6) is 0 Å². The van der Waals surface area contributed by atoms with Crippen LogP contribution in [0.3, 0.4) is 0 Å². The quantitative estimate of drug-likeness (QED) is 0.616. The van der Waals surface area contributed by atoms with Crippen LogP contribution in [-0.2, 0) is 0 Å². The van der Waals surface area contributed by atoms with Gasteiger partial charge in [-0.2, -0.15) is 13.2 Å². The van der Waals surface area contributed by atoms with Crippen molar-refractivity contribution < 1.29 is 13.2 Å². The van der Waals surface area contributed by atoms with Gasteiger partial charge in [-0.25, -0.2) is 0 Å². The van der Waals surface area contributed by atoms with E-state index in [1.165, 1.54) is 0 Å². The lowest BCUT2D eigenvalue weighted by molar-refractivity contribution is -0.138. The van der Waals surface area contributed by atoms with Crippen LogP contribution in [0.15, 0.2) is 0 Å². The number of rotatable bonds is 8. The second kappa shape index (κ2) is 7.93. The zero-order valence-corrected chi connectivity index (χ0v) is 10.6. The van der Waals surface area contributed by atoms with Crippen LogP contribution in [0.2, 0.25) is 0 Å². The summed E-state index contributed by atoms with van der Waals surface area (Å²) in [7, 11) is 0. The Kier molecular flexibility index (Phi) is 7.81. The Labute approximate surface area is 97.0 Å². The van der Waals surface area contributed by atoms with Gasteiger partial charge in [0.25, 0.3) is 0 Å². The van der Waals surface area contributed by atoms with Crippen LogP contribution in [0.1, 0.15) is 46.5 Å². The molecule has 0 N–H and O–H groups in total. The molecule has 0 atom stereocenters. The summed E-state index contributed by atoms with van der Waals surface area (Å²) in [6.45, 7) is 7.98. The first kappa shape index (κ1) is 15.8. The summed E-state index contributed by atoms with van der Waals surface area (Å²) >= 11 is 0. The van der Waals surface area contributed by atoms with E-state index in [-0.39, 0.29) is 6.54 Å². The molecule has 0 spiro atoms. The van der Waals surface area contributed by atoms with Crippen molar-refractivity contribution in [1.29, 1.82) is 0 Å². The van der Waals surface area contributed by atoms with Gasteiger partial charge in [-0.15, -0.1) is 0 Å². The van der Waals surface area contributed by atoms with Crippen LogP contribution < -0.4 is 0 Å². The molecule has 1 nitrogen and oxygen atoms in total. The van der Waals surface area contributed by atoms with Crippen molar-refractivity contribution in [1.82, 2.24) is 4.90 Å². The maximum absolute atomic E-state index is 12.1. The largest absolute Gasteiger partial charge is 0.390 e. The Morgan fingerprint density at radius 3 is 2.12 bits per heavy atom. The normalized spacial score (nSPS) is 12.8. The van der Waals surface area contributed by atoms with Crippen LogP contribution in [0.25, 0.3) is 0 Å². The Morgan fingerprint density at radius 1 is 1.06 bits per heavy atom. The monoisotopic (exact) mass is 239 g/mol. The van der Waals surface area contributed by atoms with E-state index < -0.39 is 12.6 Å². The Balaban J connectivity index is 3.89. The van der Waals surface area contributed by atoms with Gasteiger partial charge in [0, 0.05) is 6.54 Å². The first-order valence-electron chi connectivity index (χ1n) is 6.14. The molecule has 0 rings (SSSR count). The van der Waals surface area contributed by atoms with E-state index in [4.69, 9.17) is 0 Å². The van der Waals surface area contributed by atoms with E-state index in [1.807, 2.05) is 4.90 Å². The number of hydrogen-bond donors (Lipinski definition) is 0. The fraction of sp³-hybridized carbons (Fsp3) is 1.00. The van der Waals surface area contributed by atoms with Crippen LogP contribution >= 0.6 is 0 Å². The van der Waals surface area contributed by atoms with Crippen LogP contribution in [0, 0.1) is 5.92 Å². The first-order valence-corrected chi connectivity index (χ1v) is 6.14. The van der Waals surface area contributed by atoms with Crippen molar-refractivity contribution >= 4 is 0 Å². The molecule has 16 heavy (non-hydrogen) atoms. The highest BCUT2D eigenvalue weighted by Gasteiger charge is 2.27. The smallest absolute Gasteiger partial charge is 0.303 e. The molecular weight excluding hydrogens is 215 g/mol. The van der Waals surface area contributed by atoms with Gasteiger partial charge in [0.05, 0.1) is 6.42 Å². The van der Waals surface area contributed by atoms with E-state index >= 15 is 0 Å². The molecule has 0 radical (unpaired) electrons. The summed E-state index contributed by atoms with van der Waals surface area (Å²) in [4.78, 5) is 1.94. The van der Waals surface area contributed by atoms with Crippen molar-refractivity contribution in [3.63, 3.8) is 0 Å². The maximum Gasteiger partial charge on any atom is 0.390 e. The minimum Gasteiger partial charge on any atom is -0.303 e. The highest BCUT2D eigenvalue weighted by atomic mass is 19.4. The summed E-state index contributed by atoms with van der Waals surface area (Å²) in [5.41, 5.74) is 0. The van der Waals surface area contributed by atoms with Gasteiger partial charge >= 0.3 is 6.18 Å². The van der Waals surface area contributed by atoms with Crippen LogP contribution in [-0.4, -0.2) is 30.7 Å². The van der Waals surface area contributed by atoms with Gasteiger partial charge in [0.15, 0.2) is 0 Å². The molecule has 0 unspecified atom stereocenters. The third kappa shape index (κ3) is 10.3. The van der Waals surface area contributed by atoms with E-state index in [0.29, 0.717) is 5.92 Å². The average molecular weight is 239 g/mol. The van der Waals surface area contributed by atoms with E-state index in [9.17, 15) is 13.2 Å². The Hall–Kier alpha value is -0.250. The molecule has 0 aliphatic carbocycles. The molecule has 0 saturated carbocycles. The van der Waals surface area contributed by atoms with Gasteiger partial charge < -0.3 is 4.90 Å². The standard InChI is InChI=1S/C12H24F3N/c1-4-5-8-16(9-6-11(2)3)10-7-12(13,14)15/h11H,4-10H2,1-3H3. The van der Waals surface area contributed by atoms with Gasteiger partial charge in [-0.3, -0.25) is 0 Å². The Bertz CT molecular complexity index is 166. The lowest BCUT2D eigenvalue weighted by Gasteiger charge is -2.23. The van der Waals surface area contributed by atoms with Crippen LogP contribution in [0.4, 0.5) is 13.2 Å². The number of unbranched alkanes of at least 4 members (excludes halogenated alkanes) is 1. The predicted octanol–water partition coefficient (Wildman–Crippen LogP) is 4.09. The second-order valence-electron chi connectivity index (χ2n) is 4.74. The zero-order valence-electron chi connectivity index (χ0n) is 10.6. The molecule has 4 heteroatoms. The molecule has 0 amide bonds. The minimum atomic E-state index is -4.03. The number of halogens is 3. The van der Waals surface area contributed by atoms with Crippen molar-refractivity contribution in [2.24, 2.45) is 5.92 Å². The predicted molar refractivity (Wildman–Crippen MR) is 61.5 cm³/mol. The average Bonchev–Trinajstić information content (AvgIpc) is 2.15. The van der Waals surface area contributed by atoms with Gasteiger partial charge in [-0.1, -0.05) is 27.2 Å². The van der Waals surface area contributed by atoms with Crippen molar-refractivity contribution in [3.05, 3.63) is 0 Å². The second-order valence-corrected chi connectivity index (χ2v) is 4.74. The van der Waals surface area contributed by atoms with E-state index in [1.54, 1.807) is 0 Å². The number of nitrogens with zero attached hydrogens (tertiary/aromatic N) is 1. The molecule has 0 aliphatic rings. The van der Waals surface area contributed by atoms with E-state index in [0.717, 1.165) is 32.4 Å². The summed E-state index contributed by atoms with van der Waals surface area (Å²) < 4.78 is 36.3. The fourth-order valence-electron chi connectivity index (χ4n) is 1.44. The molecule has 98 valence electrons. The third-order valence-electron chi connectivity index (χ3n) is 2.56. The summed E-state index contributed by atoms with van der Waals surface area (Å²) in [5.74, 6) is 0.551. The summed E-state index contributed by atoms with van der Waals surface area (Å²) in [5, 5.41) is 0. The molecule has 0 bridgehead atoms. The summed E-state index contributed by atoms with van der Waals surface area (Å²) in [6.07, 6.45) is -1.72.